The molecule has 0 N–H and O–H groups in total. The van der Waals surface area contributed by atoms with E-state index in [1.165, 1.54) is 5.56 Å². The van der Waals surface area contributed by atoms with Crippen LogP contribution in [0.3, 0.4) is 0 Å². The van der Waals surface area contributed by atoms with Crippen molar-refractivity contribution < 1.29 is 14.3 Å². The zero-order chi connectivity index (χ0) is 12.6. The molecule has 1 saturated carbocycles. The van der Waals surface area contributed by atoms with Gasteiger partial charge < -0.3 is 14.3 Å². The first kappa shape index (κ1) is 11.7. The molecule has 0 spiro atoms. The summed E-state index contributed by atoms with van der Waals surface area (Å²) in [5, 5.41) is 0. The Bertz CT molecular complexity index is 425. The van der Waals surface area contributed by atoms with E-state index < -0.39 is 0 Å². The van der Waals surface area contributed by atoms with Crippen molar-refractivity contribution in [3.63, 3.8) is 0 Å². The van der Waals surface area contributed by atoms with Crippen LogP contribution in [0.2, 0.25) is 0 Å². The minimum absolute atomic E-state index is 0.170. The van der Waals surface area contributed by atoms with Crippen molar-refractivity contribution in [3.05, 3.63) is 29.8 Å². The minimum Gasteiger partial charge on any atom is -0.497 e. The van der Waals surface area contributed by atoms with Crippen molar-refractivity contribution in [2.24, 2.45) is 5.41 Å². The van der Waals surface area contributed by atoms with Gasteiger partial charge in [-0.15, -0.1) is 0 Å². The van der Waals surface area contributed by atoms with Crippen molar-refractivity contribution in [2.75, 3.05) is 13.7 Å². The third-order valence-corrected chi connectivity index (χ3v) is 4.56. The molecule has 0 amide bonds. The van der Waals surface area contributed by atoms with Gasteiger partial charge in [-0.05, 0) is 43.4 Å². The third-order valence-electron chi connectivity index (χ3n) is 4.56. The molecule has 3 aliphatic rings. The Morgan fingerprint density at radius 1 is 1.17 bits per heavy atom. The molecule has 0 unspecified atom stereocenters. The lowest BCUT2D eigenvalue weighted by Gasteiger charge is -2.51. The van der Waals surface area contributed by atoms with Gasteiger partial charge in [0.1, 0.15) is 12.0 Å². The highest BCUT2D eigenvalue weighted by atomic mass is 16.5. The minimum atomic E-state index is -0.200. The van der Waals surface area contributed by atoms with Crippen LogP contribution in [-0.4, -0.2) is 20.0 Å². The number of rotatable bonds is 3. The van der Waals surface area contributed by atoms with Crippen LogP contribution in [0.4, 0.5) is 0 Å². The number of carbonyl (C=O) groups excluding carboxylic acids is 1. The molecule has 1 aromatic carbocycles. The summed E-state index contributed by atoms with van der Waals surface area (Å²) in [6.45, 7) is 0.572. The molecule has 2 saturated heterocycles. The van der Waals surface area contributed by atoms with E-state index in [1.807, 2.05) is 12.1 Å². The molecule has 96 valence electrons. The van der Waals surface area contributed by atoms with Crippen molar-refractivity contribution in [2.45, 2.75) is 31.3 Å². The van der Waals surface area contributed by atoms with E-state index in [0.29, 0.717) is 6.61 Å². The van der Waals surface area contributed by atoms with Crippen LogP contribution >= 0.6 is 0 Å². The zero-order valence-corrected chi connectivity index (χ0v) is 10.6. The average Bonchev–Trinajstić information content (AvgIpc) is 2.49. The van der Waals surface area contributed by atoms with Crippen LogP contribution < -0.4 is 4.74 Å². The van der Waals surface area contributed by atoms with Crippen molar-refractivity contribution >= 4 is 6.29 Å². The topological polar surface area (TPSA) is 35.5 Å². The summed E-state index contributed by atoms with van der Waals surface area (Å²) >= 11 is 0. The average molecular weight is 246 g/mol. The molecule has 0 atom stereocenters. The lowest BCUT2D eigenvalue weighted by Crippen LogP contribution is -2.49. The summed E-state index contributed by atoms with van der Waals surface area (Å²) in [5.41, 5.74) is 0.841. The van der Waals surface area contributed by atoms with E-state index in [-0.39, 0.29) is 11.0 Å². The van der Waals surface area contributed by atoms with E-state index in [4.69, 9.17) is 9.47 Å². The van der Waals surface area contributed by atoms with Crippen LogP contribution in [0.25, 0.3) is 0 Å². The second-order valence-electron chi connectivity index (χ2n) is 5.49. The van der Waals surface area contributed by atoms with Crippen LogP contribution in [0.15, 0.2) is 24.3 Å². The predicted molar refractivity (Wildman–Crippen MR) is 67.6 cm³/mol. The van der Waals surface area contributed by atoms with Gasteiger partial charge in [-0.2, -0.15) is 0 Å². The summed E-state index contributed by atoms with van der Waals surface area (Å²) in [5.74, 6) is 0.865. The predicted octanol–water partition coefficient (Wildman–Crippen LogP) is 2.68. The number of methoxy groups -OCH3 is 1. The molecule has 3 nitrogen and oxygen atoms in total. The maximum atomic E-state index is 11.2. The number of hydrogen-bond donors (Lipinski definition) is 0. The van der Waals surface area contributed by atoms with Crippen LogP contribution in [0.5, 0.6) is 5.75 Å². The fourth-order valence-electron chi connectivity index (χ4n) is 3.14. The smallest absolute Gasteiger partial charge is 0.128 e. The molecule has 0 aromatic heterocycles. The maximum absolute atomic E-state index is 11.2. The molecular weight excluding hydrogens is 228 g/mol. The quantitative estimate of drug-likeness (QED) is 0.769. The highest BCUT2D eigenvalue weighted by Gasteiger charge is 2.50. The van der Waals surface area contributed by atoms with Crippen LogP contribution in [0.1, 0.15) is 31.2 Å². The third kappa shape index (κ3) is 1.65. The number of hydrogen-bond acceptors (Lipinski definition) is 3. The van der Waals surface area contributed by atoms with E-state index in [1.54, 1.807) is 7.11 Å². The Kier molecular flexibility index (Phi) is 2.67. The Morgan fingerprint density at radius 2 is 1.83 bits per heavy atom. The lowest BCUT2D eigenvalue weighted by molar-refractivity contribution is -0.186. The Balaban J connectivity index is 1.86. The summed E-state index contributed by atoms with van der Waals surface area (Å²) in [6.07, 6.45) is 4.88. The van der Waals surface area contributed by atoms with Crippen LogP contribution in [-0.2, 0) is 15.1 Å². The number of aldehydes is 1. The molecule has 2 aliphatic heterocycles. The van der Waals surface area contributed by atoms with Gasteiger partial charge in [0.15, 0.2) is 0 Å². The first-order valence-electron chi connectivity index (χ1n) is 6.47. The summed E-state index contributed by atoms with van der Waals surface area (Å²) < 4.78 is 11.2. The van der Waals surface area contributed by atoms with Gasteiger partial charge in [-0.1, -0.05) is 12.1 Å². The van der Waals surface area contributed by atoms with Crippen molar-refractivity contribution in [1.29, 1.82) is 0 Å². The molecule has 18 heavy (non-hydrogen) atoms. The lowest BCUT2D eigenvalue weighted by atomic mass is 9.65. The molecule has 1 aromatic rings. The van der Waals surface area contributed by atoms with Crippen molar-refractivity contribution in [3.8, 4) is 5.75 Å². The van der Waals surface area contributed by atoms with Gasteiger partial charge in [0.05, 0.1) is 19.3 Å². The second-order valence-corrected chi connectivity index (χ2v) is 5.49. The SMILES string of the molecule is COc1ccc(C23CCC(C=O)(CC2)CO3)cc1. The van der Waals surface area contributed by atoms with E-state index >= 15 is 0 Å². The molecule has 3 heteroatoms. The van der Waals surface area contributed by atoms with Gasteiger partial charge in [0.2, 0.25) is 0 Å². The number of fused-ring (bicyclic) bond motifs is 3. The summed E-state index contributed by atoms with van der Waals surface area (Å²) in [7, 11) is 1.67. The van der Waals surface area contributed by atoms with E-state index in [0.717, 1.165) is 37.7 Å². The van der Waals surface area contributed by atoms with E-state index in [2.05, 4.69) is 12.1 Å². The molecule has 3 fully saturated rings. The van der Waals surface area contributed by atoms with Gasteiger partial charge in [0.25, 0.3) is 0 Å². The second kappa shape index (κ2) is 4.09. The monoisotopic (exact) mass is 246 g/mol. The van der Waals surface area contributed by atoms with Crippen molar-refractivity contribution in [1.82, 2.24) is 0 Å². The fourth-order valence-corrected chi connectivity index (χ4v) is 3.14. The first-order chi connectivity index (χ1) is 8.72. The summed E-state index contributed by atoms with van der Waals surface area (Å²) in [6, 6.07) is 8.11. The molecule has 2 bridgehead atoms. The fraction of sp³-hybridized carbons (Fsp3) is 0.533. The molecule has 2 heterocycles. The Labute approximate surface area is 107 Å². The molecule has 1 aliphatic carbocycles. The number of carbonyl (C=O) groups is 1. The maximum Gasteiger partial charge on any atom is 0.128 e. The van der Waals surface area contributed by atoms with Gasteiger partial charge in [-0.25, -0.2) is 0 Å². The number of benzene rings is 1. The molecular formula is C15H18O3. The molecule has 0 radical (unpaired) electrons. The standard InChI is InChI=1S/C15H18O3/c1-17-13-4-2-12(3-5-13)15-8-6-14(10-16,7-9-15)11-18-15/h2-5,10H,6-9,11H2,1H3. The largest absolute Gasteiger partial charge is 0.497 e. The normalized spacial score (nSPS) is 34.3. The highest BCUT2D eigenvalue weighted by molar-refractivity contribution is 5.60. The van der Waals surface area contributed by atoms with Gasteiger partial charge >= 0.3 is 0 Å². The summed E-state index contributed by atoms with van der Waals surface area (Å²) in [4.78, 5) is 11.2. The van der Waals surface area contributed by atoms with Crippen LogP contribution in [0, 0.1) is 5.41 Å². The zero-order valence-electron chi connectivity index (χ0n) is 10.6. The first-order valence-corrected chi connectivity index (χ1v) is 6.47. The highest BCUT2D eigenvalue weighted by Crippen LogP contribution is 2.52. The number of ether oxygens (including phenoxy) is 2. The Morgan fingerprint density at radius 3 is 2.28 bits per heavy atom. The van der Waals surface area contributed by atoms with E-state index in [9.17, 15) is 4.79 Å². The van der Waals surface area contributed by atoms with Gasteiger partial charge in [-0.3, -0.25) is 0 Å². The molecule has 4 rings (SSSR count). The Hall–Kier alpha value is -1.35. The van der Waals surface area contributed by atoms with Gasteiger partial charge in [0, 0.05) is 5.41 Å².